The summed E-state index contributed by atoms with van der Waals surface area (Å²) >= 11 is 0. The molecule has 2 fully saturated rings. The molecule has 2 aromatic rings. The quantitative estimate of drug-likeness (QED) is 0.503. The van der Waals surface area contributed by atoms with Crippen LogP contribution in [0.3, 0.4) is 0 Å². The van der Waals surface area contributed by atoms with Gasteiger partial charge < -0.3 is 30.1 Å². The van der Waals surface area contributed by atoms with Crippen molar-refractivity contribution in [1.82, 2.24) is 20.2 Å². The molecule has 1 atom stereocenters. The number of benzene rings is 1. The van der Waals surface area contributed by atoms with E-state index in [2.05, 4.69) is 43.7 Å². The maximum absolute atomic E-state index is 12.9. The molecule has 10 heteroatoms. The Balaban J connectivity index is 1.19. The number of nitrogens with zero attached hydrogens (tertiary/aromatic N) is 4. The first-order valence-corrected chi connectivity index (χ1v) is 12.0. The fraction of sp³-hybridized carbons (Fsp3) is 0.542. The lowest BCUT2D eigenvalue weighted by Crippen LogP contribution is -2.42. The number of morpholine rings is 1. The van der Waals surface area contributed by atoms with E-state index in [-0.39, 0.29) is 24.2 Å². The van der Waals surface area contributed by atoms with Gasteiger partial charge in [-0.3, -0.25) is 9.69 Å². The van der Waals surface area contributed by atoms with E-state index in [1.165, 1.54) is 11.1 Å². The van der Waals surface area contributed by atoms with Crippen LogP contribution in [-0.4, -0.2) is 97.2 Å². The van der Waals surface area contributed by atoms with Gasteiger partial charge in [0, 0.05) is 45.3 Å². The standard InChI is InChI=1S/C24H32N6O4/c31-20(14-29-6-5-17-3-1-2-4-18(17)13-29)12-25-23(32)21-11-22(26-19-15-34-16-19)28-24(27-21)30-7-9-33-10-8-30/h1-4,11,19-20,31H,5-10,12-16H2,(H,25,32)(H,26,27,28)/t20-/m0/s1. The van der Waals surface area contributed by atoms with Crippen LogP contribution in [0.5, 0.6) is 0 Å². The molecule has 3 N–H and O–H groups in total. The highest BCUT2D eigenvalue weighted by molar-refractivity contribution is 5.93. The number of aromatic nitrogens is 2. The molecule has 1 amide bonds. The van der Waals surface area contributed by atoms with Gasteiger partial charge in [-0.15, -0.1) is 0 Å². The first kappa shape index (κ1) is 23.0. The fourth-order valence-corrected chi connectivity index (χ4v) is 4.43. The predicted octanol–water partition coefficient (Wildman–Crippen LogP) is 0.273. The summed E-state index contributed by atoms with van der Waals surface area (Å²) in [6, 6.07) is 10.3. The van der Waals surface area contributed by atoms with Crippen molar-refractivity contribution < 1.29 is 19.4 Å². The summed E-state index contributed by atoms with van der Waals surface area (Å²) in [6.07, 6.45) is 0.307. The van der Waals surface area contributed by atoms with E-state index in [9.17, 15) is 9.90 Å². The van der Waals surface area contributed by atoms with Crippen molar-refractivity contribution in [2.45, 2.75) is 25.1 Å². The second kappa shape index (κ2) is 10.6. The lowest BCUT2D eigenvalue weighted by atomic mass is 10.00. The number of carbonyl (C=O) groups is 1. The molecule has 182 valence electrons. The lowest BCUT2D eigenvalue weighted by Gasteiger charge is -2.30. The molecule has 3 aliphatic heterocycles. The van der Waals surface area contributed by atoms with E-state index >= 15 is 0 Å². The van der Waals surface area contributed by atoms with Crippen LogP contribution in [0.15, 0.2) is 30.3 Å². The number of ether oxygens (including phenoxy) is 2. The highest BCUT2D eigenvalue weighted by Crippen LogP contribution is 2.19. The minimum Gasteiger partial charge on any atom is -0.390 e. The fourth-order valence-electron chi connectivity index (χ4n) is 4.43. The maximum atomic E-state index is 12.9. The van der Waals surface area contributed by atoms with Crippen molar-refractivity contribution in [3.05, 3.63) is 47.2 Å². The molecule has 34 heavy (non-hydrogen) atoms. The number of aliphatic hydroxyl groups is 1. The number of hydrogen-bond acceptors (Lipinski definition) is 9. The van der Waals surface area contributed by atoms with Crippen molar-refractivity contribution in [2.24, 2.45) is 0 Å². The summed E-state index contributed by atoms with van der Waals surface area (Å²) in [5.41, 5.74) is 2.95. The molecule has 0 radical (unpaired) electrons. The molecule has 3 aliphatic rings. The summed E-state index contributed by atoms with van der Waals surface area (Å²) in [5.74, 6) is 0.779. The molecule has 0 spiro atoms. The van der Waals surface area contributed by atoms with Crippen LogP contribution in [0.25, 0.3) is 0 Å². The van der Waals surface area contributed by atoms with Crippen LogP contribution < -0.4 is 15.5 Å². The minimum atomic E-state index is -0.667. The Kier molecular flexibility index (Phi) is 7.19. The van der Waals surface area contributed by atoms with Crippen LogP contribution in [0.2, 0.25) is 0 Å². The van der Waals surface area contributed by atoms with Gasteiger partial charge >= 0.3 is 0 Å². The number of carbonyl (C=O) groups excluding carboxylic acids is 1. The van der Waals surface area contributed by atoms with Crippen LogP contribution in [0.1, 0.15) is 21.6 Å². The van der Waals surface area contributed by atoms with Crippen LogP contribution in [-0.2, 0) is 22.4 Å². The highest BCUT2D eigenvalue weighted by Gasteiger charge is 2.23. The molecular weight excluding hydrogens is 436 g/mol. The zero-order valence-electron chi connectivity index (χ0n) is 19.3. The van der Waals surface area contributed by atoms with Gasteiger partial charge in [-0.05, 0) is 17.5 Å². The third kappa shape index (κ3) is 5.64. The maximum Gasteiger partial charge on any atom is 0.270 e. The summed E-state index contributed by atoms with van der Waals surface area (Å²) in [5, 5.41) is 16.7. The van der Waals surface area contributed by atoms with Crippen molar-refractivity contribution in [3.63, 3.8) is 0 Å². The highest BCUT2D eigenvalue weighted by atomic mass is 16.5. The third-order valence-electron chi connectivity index (χ3n) is 6.41. The van der Waals surface area contributed by atoms with Gasteiger partial charge in [0.2, 0.25) is 5.95 Å². The first-order chi connectivity index (χ1) is 16.6. The monoisotopic (exact) mass is 468 g/mol. The summed E-state index contributed by atoms with van der Waals surface area (Å²) in [7, 11) is 0. The number of fused-ring (bicyclic) bond motifs is 1. The Hall–Kier alpha value is -2.79. The number of amides is 1. The molecule has 4 heterocycles. The molecule has 1 aromatic carbocycles. The van der Waals surface area contributed by atoms with Gasteiger partial charge in [0.25, 0.3) is 5.91 Å². The predicted molar refractivity (Wildman–Crippen MR) is 127 cm³/mol. The van der Waals surface area contributed by atoms with Crippen LogP contribution in [0, 0.1) is 0 Å². The van der Waals surface area contributed by atoms with E-state index in [1.807, 2.05) is 11.0 Å². The smallest absolute Gasteiger partial charge is 0.270 e. The Morgan fingerprint density at radius 2 is 1.91 bits per heavy atom. The average molecular weight is 469 g/mol. The van der Waals surface area contributed by atoms with E-state index in [1.54, 1.807) is 6.07 Å². The lowest BCUT2D eigenvalue weighted by molar-refractivity contribution is 0.0209. The van der Waals surface area contributed by atoms with Crippen LogP contribution in [0.4, 0.5) is 11.8 Å². The van der Waals surface area contributed by atoms with E-state index < -0.39 is 6.10 Å². The first-order valence-electron chi connectivity index (χ1n) is 12.0. The Labute approximate surface area is 199 Å². The van der Waals surface area contributed by atoms with Gasteiger partial charge in [-0.25, -0.2) is 4.98 Å². The number of aliphatic hydroxyl groups excluding tert-OH is 1. The van der Waals surface area contributed by atoms with E-state index in [0.29, 0.717) is 57.8 Å². The molecule has 10 nitrogen and oxygen atoms in total. The third-order valence-corrected chi connectivity index (χ3v) is 6.41. The molecule has 0 aliphatic carbocycles. The Bertz CT molecular complexity index is 995. The van der Waals surface area contributed by atoms with Gasteiger partial charge in [-0.1, -0.05) is 24.3 Å². The minimum absolute atomic E-state index is 0.160. The van der Waals surface area contributed by atoms with E-state index in [4.69, 9.17) is 9.47 Å². The van der Waals surface area contributed by atoms with Gasteiger partial charge in [0.15, 0.2) is 0 Å². The van der Waals surface area contributed by atoms with Gasteiger partial charge in [-0.2, -0.15) is 4.98 Å². The molecule has 5 rings (SSSR count). The van der Waals surface area contributed by atoms with Gasteiger partial charge in [0.05, 0.1) is 38.6 Å². The number of anilines is 2. The summed E-state index contributed by atoms with van der Waals surface area (Å²) in [6.45, 7) is 6.17. The number of nitrogens with one attached hydrogen (secondary N) is 2. The molecule has 0 saturated carbocycles. The van der Waals surface area contributed by atoms with Crippen molar-refractivity contribution in [2.75, 3.05) is 69.4 Å². The Morgan fingerprint density at radius 3 is 2.68 bits per heavy atom. The second-order valence-electron chi connectivity index (χ2n) is 9.03. The molecule has 1 aromatic heterocycles. The van der Waals surface area contributed by atoms with E-state index in [0.717, 1.165) is 19.5 Å². The zero-order chi connectivity index (χ0) is 23.3. The number of β-amino-alcohol motifs (C(OH)–C–C–N with tert-alkyl or cyclic N) is 1. The molecule has 0 bridgehead atoms. The van der Waals surface area contributed by atoms with Crippen molar-refractivity contribution in [1.29, 1.82) is 0 Å². The summed E-state index contributed by atoms with van der Waals surface area (Å²) in [4.78, 5) is 26.3. The normalized spacial score (nSPS) is 19.7. The second-order valence-corrected chi connectivity index (χ2v) is 9.03. The summed E-state index contributed by atoms with van der Waals surface area (Å²) < 4.78 is 10.7. The van der Waals surface area contributed by atoms with Crippen LogP contribution >= 0.6 is 0 Å². The molecular formula is C24H32N6O4. The Morgan fingerprint density at radius 1 is 1.12 bits per heavy atom. The molecule has 2 saturated heterocycles. The zero-order valence-corrected chi connectivity index (χ0v) is 19.3. The number of rotatable bonds is 8. The van der Waals surface area contributed by atoms with Gasteiger partial charge in [0.1, 0.15) is 11.5 Å². The average Bonchev–Trinajstić information content (AvgIpc) is 2.85. The SMILES string of the molecule is O=C(NC[C@H](O)CN1CCc2ccccc2C1)c1cc(NC2COC2)nc(N2CCOCC2)n1. The largest absolute Gasteiger partial charge is 0.390 e. The van der Waals surface area contributed by atoms with Crippen molar-refractivity contribution >= 4 is 17.7 Å². The molecule has 0 unspecified atom stereocenters. The number of hydrogen-bond donors (Lipinski definition) is 3. The topological polar surface area (TPSA) is 112 Å². The van der Waals surface area contributed by atoms with Crippen molar-refractivity contribution in [3.8, 4) is 0 Å².